The SMILES string of the molecule is Cc1ccc(O)c(C)c1-n1c2ncc(Br)cc2c2c(N)ncnc21. The number of aromatic hydroxyl groups is 1. The summed E-state index contributed by atoms with van der Waals surface area (Å²) in [6, 6.07) is 5.52. The Labute approximate surface area is 146 Å². The minimum atomic E-state index is 0.227. The fourth-order valence-electron chi connectivity index (χ4n) is 3.09. The average molecular weight is 384 g/mol. The minimum Gasteiger partial charge on any atom is -0.508 e. The lowest BCUT2D eigenvalue weighted by molar-refractivity contribution is 0.470. The third-order valence-corrected chi connectivity index (χ3v) is 4.64. The monoisotopic (exact) mass is 383 g/mol. The highest BCUT2D eigenvalue weighted by Crippen LogP contribution is 2.36. The van der Waals surface area contributed by atoms with Crippen molar-refractivity contribution in [2.75, 3.05) is 5.73 Å². The van der Waals surface area contributed by atoms with Crippen LogP contribution in [0.15, 0.2) is 35.2 Å². The summed E-state index contributed by atoms with van der Waals surface area (Å²) in [5, 5.41) is 11.8. The Bertz CT molecular complexity index is 1120. The van der Waals surface area contributed by atoms with Gasteiger partial charge in [0.05, 0.1) is 11.1 Å². The van der Waals surface area contributed by atoms with E-state index in [4.69, 9.17) is 5.73 Å². The van der Waals surface area contributed by atoms with E-state index in [-0.39, 0.29) is 5.75 Å². The van der Waals surface area contributed by atoms with Crippen molar-refractivity contribution in [2.45, 2.75) is 13.8 Å². The summed E-state index contributed by atoms with van der Waals surface area (Å²) in [4.78, 5) is 13.1. The Morgan fingerprint density at radius 2 is 1.92 bits per heavy atom. The molecule has 0 atom stereocenters. The van der Waals surface area contributed by atoms with Gasteiger partial charge in [-0.15, -0.1) is 0 Å². The van der Waals surface area contributed by atoms with E-state index in [1.54, 1.807) is 12.3 Å². The molecule has 4 rings (SSSR count). The molecule has 7 heteroatoms. The minimum absolute atomic E-state index is 0.227. The highest BCUT2D eigenvalue weighted by Gasteiger charge is 2.20. The third kappa shape index (κ3) is 1.98. The highest BCUT2D eigenvalue weighted by molar-refractivity contribution is 9.10. The molecule has 0 aliphatic heterocycles. The van der Waals surface area contributed by atoms with Gasteiger partial charge in [-0.05, 0) is 47.5 Å². The Balaban J connectivity index is 2.28. The summed E-state index contributed by atoms with van der Waals surface area (Å²) < 4.78 is 2.78. The largest absolute Gasteiger partial charge is 0.508 e. The van der Waals surface area contributed by atoms with Crippen LogP contribution in [-0.2, 0) is 0 Å². The van der Waals surface area contributed by atoms with Gasteiger partial charge in [0.25, 0.3) is 0 Å². The van der Waals surface area contributed by atoms with E-state index >= 15 is 0 Å². The molecule has 0 saturated heterocycles. The molecule has 0 bridgehead atoms. The van der Waals surface area contributed by atoms with E-state index in [1.807, 2.05) is 30.5 Å². The lowest BCUT2D eigenvalue weighted by Gasteiger charge is -2.14. The fraction of sp³-hybridized carbons (Fsp3) is 0.118. The zero-order chi connectivity index (χ0) is 17.0. The molecule has 4 aromatic rings. The number of benzene rings is 1. The number of hydrogen-bond acceptors (Lipinski definition) is 5. The van der Waals surface area contributed by atoms with E-state index in [0.717, 1.165) is 37.7 Å². The smallest absolute Gasteiger partial charge is 0.152 e. The number of anilines is 1. The molecule has 6 nitrogen and oxygen atoms in total. The van der Waals surface area contributed by atoms with Gasteiger partial charge >= 0.3 is 0 Å². The zero-order valence-corrected chi connectivity index (χ0v) is 14.7. The molecule has 0 unspecified atom stereocenters. The molecule has 1 aromatic carbocycles. The van der Waals surface area contributed by atoms with Crippen LogP contribution >= 0.6 is 15.9 Å². The van der Waals surface area contributed by atoms with Gasteiger partial charge < -0.3 is 10.8 Å². The summed E-state index contributed by atoms with van der Waals surface area (Å²) in [5.74, 6) is 0.629. The van der Waals surface area contributed by atoms with Crippen molar-refractivity contribution < 1.29 is 5.11 Å². The standard InChI is InChI=1S/C17H14BrN5O/c1-8-3-4-12(24)9(2)14(8)23-16-11(5-10(18)6-20-16)13-15(19)21-7-22-17(13)23/h3-7,24H,1-2H3,(H2,19,21,22). The van der Waals surface area contributed by atoms with E-state index < -0.39 is 0 Å². The summed E-state index contributed by atoms with van der Waals surface area (Å²) in [6.07, 6.45) is 3.17. The first-order valence-corrected chi connectivity index (χ1v) is 8.14. The second-order valence-electron chi connectivity index (χ2n) is 5.69. The molecular formula is C17H14BrN5O. The van der Waals surface area contributed by atoms with Gasteiger partial charge in [0.2, 0.25) is 0 Å². The summed E-state index contributed by atoms with van der Waals surface area (Å²) in [7, 11) is 0. The molecule has 0 amide bonds. The van der Waals surface area contributed by atoms with Gasteiger partial charge in [-0.2, -0.15) is 0 Å². The lowest BCUT2D eigenvalue weighted by atomic mass is 10.1. The number of aryl methyl sites for hydroxylation is 1. The average Bonchev–Trinajstić information content (AvgIpc) is 2.87. The van der Waals surface area contributed by atoms with E-state index in [0.29, 0.717) is 11.5 Å². The van der Waals surface area contributed by atoms with Gasteiger partial charge in [-0.1, -0.05) is 6.07 Å². The normalized spacial score (nSPS) is 11.5. The molecule has 0 aliphatic carbocycles. The van der Waals surface area contributed by atoms with Crippen LogP contribution in [-0.4, -0.2) is 24.6 Å². The van der Waals surface area contributed by atoms with Crippen LogP contribution in [0, 0.1) is 13.8 Å². The van der Waals surface area contributed by atoms with Gasteiger partial charge in [0.1, 0.15) is 23.5 Å². The lowest BCUT2D eigenvalue weighted by Crippen LogP contribution is -2.03. The van der Waals surface area contributed by atoms with Crippen molar-refractivity contribution in [1.82, 2.24) is 19.5 Å². The molecule has 0 spiro atoms. The number of fused-ring (bicyclic) bond motifs is 3. The van der Waals surface area contributed by atoms with Gasteiger partial charge in [0, 0.05) is 21.6 Å². The summed E-state index contributed by atoms with van der Waals surface area (Å²) in [5.41, 5.74) is 10.1. The number of nitrogen functional groups attached to an aromatic ring is 1. The molecule has 0 aliphatic rings. The van der Waals surface area contributed by atoms with Gasteiger partial charge in [-0.3, -0.25) is 4.57 Å². The summed E-state index contributed by atoms with van der Waals surface area (Å²) in [6.45, 7) is 3.86. The second kappa shape index (κ2) is 5.17. The number of phenols is 1. The Hall–Kier alpha value is -2.67. The Kier molecular flexibility index (Phi) is 3.21. The van der Waals surface area contributed by atoms with Crippen LogP contribution in [0.25, 0.3) is 27.8 Å². The van der Waals surface area contributed by atoms with Crippen LogP contribution in [0.1, 0.15) is 11.1 Å². The topological polar surface area (TPSA) is 89.8 Å². The third-order valence-electron chi connectivity index (χ3n) is 4.21. The number of nitrogens with two attached hydrogens (primary N) is 1. The fourth-order valence-corrected chi connectivity index (χ4v) is 3.42. The number of rotatable bonds is 1. The first-order chi connectivity index (χ1) is 11.5. The molecule has 3 N–H and O–H groups in total. The molecule has 3 aromatic heterocycles. The summed E-state index contributed by atoms with van der Waals surface area (Å²) >= 11 is 3.46. The van der Waals surface area contributed by atoms with Crippen molar-refractivity contribution in [1.29, 1.82) is 0 Å². The maximum absolute atomic E-state index is 10.2. The van der Waals surface area contributed by atoms with Crippen LogP contribution in [0.3, 0.4) is 0 Å². The Morgan fingerprint density at radius 1 is 1.12 bits per heavy atom. The molecule has 0 radical (unpaired) electrons. The zero-order valence-electron chi connectivity index (χ0n) is 13.1. The second-order valence-corrected chi connectivity index (χ2v) is 6.61. The van der Waals surface area contributed by atoms with Gasteiger partial charge in [-0.25, -0.2) is 15.0 Å². The van der Waals surface area contributed by atoms with E-state index in [1.165, 1.54) is 6.33 Å². The van der Waals surface area contributed by atoms with Crippen molar-refractivity contribution in [2.24, 2.45) is 0 Å². The van der Waals surface area contributed by atoms with Crippen molar-refractivity contribution >= 4 is 43.8 Å². The molecule has 0 fully saturated rings. The number of halogens is 1. The predicted molar refractivity (Wildman–Crippen MR) is 97.4 cm³/mol. The molecule has 0 saturated carbocycles. The first kappa shape index (κ1) is 14.9. The van der Waals surface area contributed by atoms with Crippen LogP contribution in [0.2, 0.25) is 0 Å². The quantitative estimate of drug-likeness (QED) is 0.523. The van der Waals surface area contributed by atoms with Gasteiger partial charge in [0.15, 0.2) is 5.65 Å². The maximum atomic E-state index is 10.2. The molecule has 3 heterocycles. The molecule has 24 heavy (non-hydrogen) atoms. The maximum Gasteiger partial charge on any atom is 0.152 e. The number of pyridine rings is 1. The first-order valence-electron chi connectivity index (χ1n) is 7.34. The van der Waals surface area contributed by atoms with E-state index in [2.05, 4.69) is 30.9 Å². The van der Waals surface area contributed by atoms with E-state index in [9.17, 15) is 5.11 Å². The highest BCUT2D eigenvalue weighted by atomic mass is 79.9. The van der Waals surface area contributed by atoms with Crippen molar-refractivity contribution in [3.63, 3.8) is 0 Å². The van der Waals surface area contributed by atoms with Crippen molar-refractivity contribution in [3.05, 3.63) is 46.3 Å². The predicted octanol–water partition coefficient (Wildman–Crippen LogP) is 3.64. The molecular weight excluding hydrogens is 370 g/mol. The van der Waals surface area contributed by atoms with Crippen LogP contribution in [0.5, 0.6) is 5.75 Å². The number of phenolic OH excluding ortho intramolecular Hbond substituents is 1. The Morgan fingerprint density at radius 3 is 2.71 bits per heavy atom. The molecule has 120 valence electrons. The number of nitrogens with zero attached hydrogens (tertiary/aromatic N) is 4. The number of hydrogen-bond donors (Lipinski definition) is 2. The number of aromatic nitrogens is 4. The van der Waals surface area contributed by atoms with Crippen LogP contribution in [0.4, 0.5) is 5.82 Å². The van der Waals surface area contributed by atoms with Crippen molar-refractivity contribution in [3.8, 4) is 11.4 Å². The van der Waals surface area contributed by atoms with Crippen LogP contribution < -0.4 is 5.73 Å².